The van der Waals surface area contributed by atoms with E-state index in [9.17, 15) is 4.39 Å². The van der Waals surface area contributed by atoms with E-state index in [0.717, 1.165) is 23.4 Å². The predicted molar refractivity (Wildman–Crippen MR) is 133 cm³/mol. The van der Waals surface area contributed by atoms with E-state index in [-0.39, 0.29) is 18.5 Å². The Hall–Kier alpha value is -3.43. The number of ether oxygens (including phenoxy) is 4. The van der Waals surface area contributed by atoms with Gasteiger partial charge in [0.1, 0.15) is 30.0 Å². The molecule has 184 valence electrons. The van der Waals surface area contributed by atoms with Crippen molar-refractivity contribution in [2.75, 3.05) is 20.3 Å². The zero-order valence-electron chi connectivity index (χ0n) is 19.9. The van der Waals surface area contributed by atoms with Crippen molar-refractivity contribution in [1.29, 1.82) is 0 Å². The summed E-state index contributed by atoms with van der Waals surface area (Å²) in [4.78, 5) is 5.46. The average molecular weight is 498 g/mol. The van der Waals surface area contributed by atoms with Gasteiger partial charge in [0, 0.05) is 41.7 Å². The van der Waals surface area contributed by atoms with Crippen molar-refractivity contribution in [3.63, 3.8) is 0 Å². The van der Waals surface area contributed by atoms with E-state index in [1.165, 1.54) is 10.9 Å². The van der Waals surface area contributed by atoms with Crippen LogP contribution in [0.15, 0.2) is 54.0 Å². The molecule has 1 atom stereocenters. The first-order chi connectivity index (χ1) is 17.0. The number of hydrogen-bond donors (Lipinski definition) is 1. The number of aromatic nitrogens is 3. The largest absolute Gasteiger partial charge is 0.489 e. The van der Waals surface area contributed by atoms with Crippen LogP contribution in [0.25, 0.3) is 11.3 Å². The number of methoxy groups -OCH3 is 1. The molecule has 9 heteroatoms. The summed E-state index contributed by atoms with van der Waals surface area (Å²) in [5, 5.41) is 7.29. The fourth-order valence-corrected chi connectivity index (χ4v) is 4.26. The summed E-state index contributed by atoms with van der Waals surface area (Å²) in [7, 11) is 1.63. The Kier molecular flexibility index (Phi) is 8.33. The minimum absolute atomic E-state index is 0.0948. The first-order valence-electron chi connectivity index (χ1n) is 11.3. The first kappa shape index (κ1) is 24.7. The summed E-state index contributed by atoms with van der Waals surface area (Å²) in [6.45, 7) is 4.95. The number of aryl methyl sites for hydroxylation is 1. The van der Waals surface area contributed by atoms with Crippen LogP contribution >= 0.6 is 11.3 Å². The van der Waals surface area contributed by atoms with Crippen molar-refractivity contribution in [3.8, 4) is 28.6 Å². The van der Waals surface area contributed by atoms with Crippen molar-refractivity contribution in [2.24, 2.45) is 0 Å². The van der Waals surface area contributed by atoms with Crippen LogP contribution in [0.4, 0.5) is 4.39 Å². The van der Waals surface area contributed by atoms with Gasteiger partial charge in [-0.25, -0.2) is 9.37 Å². The first-order valence-corrected chi connectivity index (χ1v) is 12.1. The Morgan fingerprint density at radius 3 is 2.69 bits per heavy atom. The van der Waals surface area contributed by atoms with E-state index >= 15 is 0 Å². The second-order valence-corrected chi connectivity index (χ2v) is 8.98. The van der Waals surface area contributed by atoms with Gasteiger partial charge in [-0.05, 0) is 32.0 Å². The number of rotatable bonds is 12. The molecular weight excluding hydrogens is 469 g/mol. The summed E-state index contributed by atoms with van der Waals surface area (Å²) in [6, 6.07) is 13.9. The van der Waals surface area contributed by atoms with Gasteiger partial charge in [-0.3, -0.25) is 5.10 Å². The zero-order valence-corrected chi connectivity index (χ0v) is 20.7. The van der Waals surface area contributed by atoms with Gasteiger partial charge < -0.3 is 18.9 Å². The van der Waals surface area contributed by atoms with Crippen LogP contribution < -0.4 is 14.2 Å². The number of benzene rings is 2. The molecule has 0 aliphatic heterocycles. The molecule has 0 saturated carbocycles. The smallest absolute Gasteiger partial charge is 0.233 e. The van der Waals surface area contributed by atoms with Gasteiger partial charge in [-0.1, -0.05) is 18.2 Å². The van der Waals surface area contributed by atoms with E-state index in [0.29, 0.717) is 36.2 Å². The van der Waals surface area contributed by atoms with Crippen molar-refractivity contribution in [1.82, 2.24) is 15.2 Å². The van der Waals surface area contributed by atoms with Crippen molar-refractivity contribution in [2.45, 2.75) is 33.0 Å². The molecule has 0 saturated heterocycles. The molecule has 35 heavy (non-hydrogen) atoms. The third-order valence-electron chi connectivity index (χ3n) is 5.26. The number of halogens is 1. The summed E-state index contributed by atoms with van der Waals surface area (Å²) >= 11 is 1.62. The van der Waals surface area contributed by atoms with Crippen LogP contribution in [0, 0.1) is 12.7 Å². The van der Waals surface area contributed by atoms with E-state index < -0.39 is 0 Å². The molecule has 0 bridgehead atoms. The molecule has 7 nitrogen and oxygen atoms in total. The standard InChI is InChI=1S/C26H28FN3O4S/c1-17(14-31-3)34-22-11-20(10-21(12-22)33-15-19-6-4-5-7-23(19)27)24-13-26(30-29-24)32-9-8-25-18(2)28-16-35-25/h4-7,10-13,16-17H,8-9,14-15H2,1-3H3,(H,29,30). The quantitative estimate of drug-likeness (QED) is 0.275. The monoisotopic (exact) mass is 497 g/mol. The molecule has 2 aromatic heterocycles. The molecule has 0 amide bonds. The summed E-state index contributed by atoms with van der Waals surface area (Å²) < 4.78 is 37.0. The Morgan fingerprint density at radius 1 is 1.09 bits per heavy atom. The maximum Gasteiger partial charge on any atom is 0.233 e. The number of H-pyrrole nitrogens is 1. The van der Waals surface area contributed by atoms with Crippen molar-refractivity contribution < 1.29 is 23.3 Å². The third-order valence-corrected chi connectivity index (χ3v) is 6.26. The highest BCUT2D eigenvalue weighted by atomic mass is 32.1. The number of nitrogens with one attached hydrogen (secondary N) is 1. The molecular formula is C26H28FN3O4S. The molecule has 4 aromatic rings. The van der Waals surface area contributed by atoms with Gasteiger partial charge in [-0.15, -0.1) is 16.4 Å². The van der Waals surface area contributed by atoms with Crippen molar-refractivity contribution in [3.05, 3.63) is 76.0 Å². The number of hydrogen-bond acceptors (Lipinski definition) is 7. The average Bonchev–Trinajstić information content (AvgIpc) is 3.48. The lowest BCUT2D eigenvalue weighted by Gasteiger charge is -2.16. The molecule has 2 heterocycles. The Labute approximate surface area is 207 Å². The second-order valence-electron chi connectivity index (χ2n) is 8.04. The highest BCUT2D eigenvalue weighted by Crippen LogP contribution is 2.31. The van der Waals surface area contributed by atoms with Gasteiger partial charge in [0.05, 0.1) is 30.1 Å². The van der Waals surface area contributed by atoms with Gasteiger partial charge in [-0.2, -0.15) is 0 Å². The number of nitrogens with zero attached hydrogens (tertiary/aromatic N) is 2. The second kappa shape index (κ2) is 11.8. The fraction of sp³-hybridized carbons (Fsp3) is 0.308. The maximum absolute atomic E-state index is 14.0. The van der Waals surface area contributed by atoms with Crippen LogP contribution in [-0.2, 0) is 17.8 Å². The normalized spacial score (nSPS) is 11.9. The van der Waals surface area contributed by atoms with Gasteiger partial charge >= 0.3 is 0 Å². The molecule has 0 aliphatic carbocycles. The lowest BCUT2D eigenvalue weighted by molar-refractivity contribution is 0.0919. The molecule has 0 aliphatic rings. The summed E-state index contributed by atoms with van der Waals surface area (Å²) in [5.41, 5.74) is 4.89. The van der Waals surface area contributed by atoms with Gasteiger partial charge in [0.15, 0.2) is 0 Å². The topological polar surface area (TPSA) is 78.5 Å². The lowest BCUT2D eigenvalue weighted by Crippen LogP contribution is -2.18. The molecule has 1 N–H and O–H groups in total. The number of thiazole rings is 1. The van der Waals surface area contributed by atoms with E-state index in [2.05, 4.69) is 15.2 Å². The van der Waals surface area contributed by atoms with Crippen LogP contribution in [0.1, 0.15) is 23.1 Å². The third kappa shape index (κ3) is 6.80. The van der Waals surface area contributed by atoms with Crippen molar-refractivity contribution >= 4 is 11.3 Å². The lowest BCUT2D eigenvalue weighted by atomic mass is 10.1. The Balaban J connectivity index is 1.49. The predicted octanol–water partition coefficient (Wildman–Crippen LogP) is 5.59. The summed E-state index contributed by atoms with van der Waals surface area (Å²) in [5.74, 6) is 1.34. The van der Waals surface area contributed by atoms with Crippen LogP contribution in [0.3, 0.4) is 0 Å². The Morgan fingerprint density at radius 2 is 1.91 bits per heavy atom. The minimum Gasteiger partial charge on any atom is -0.489 e. The highest BCUT2D eigenvalue weighted by molar-refractivity contribution is 7.09. The SMILES string of the molecule is COCC(C)Oc1cc(OCc2ccccc2F)cc(-c2cc(OCCc3scnc3C)n[nH]2)c1. The Bertz CT molecular complexity index is 1240. The molecule has 0 spiro atoms. The van der Waals surface area contributed by atoms with Gasteiger partial charge in [0.25, 0.3) is 0 Å². The zero-order chi connectivity index (χ0) is 24.6. The number of aromatic amines is 1. The van der Waals surface area contributed by atoms with E-state index in [1.54, 1.807) is 42.7 Å². The molecule has 0 radical (unpaired) electrons. The van der Waals surface area contributed by atoms with Gasteiger partial charge in [0.2, 0.25) is 5.88 Å². The van der Waals surface area contributed by atoms with E-state index in [4.69, 9.17) is 18.9 Å². The van der Waals surface area contributed by atoms with Crippen LogP contribution in [0.5, 0.6) is 17.4 Å². The molecule has 4 rings (SSSR count). The summed E-state index contributed by atoms with van der Waals surface area (Å²) in [6.07, 6.45) is 0.610. The van der Waals surface area contributed by atoms with Crippen LogP contribution in [0.2, 0.25) is 0 Å². The minimum atomic E-state index is -0.308. The fourth-order valence-electron chi connectivity index (χ4n) is 3.50. The molecule has 0 fully saturated rings. The maximum atomic E-state index is 14.0. The molecule has 2 aromatic carbocycles. The van der Waals surface area contributed by atoms with Crippen LogP contribution in [-0.4, -0.2) is 41.6 Å². The molecule has 1 unspecified atom stereocenters. The highest BCUT2D eigenvalue weighted by Gasteiger charge is 2.13. The van der Waals surface area contributed by atoms with E-state index in [1.807, 2.05) is 37.6 Å².